The summed E-state index contributed by atoms with van der Waals surface area (Å²) >= 11 is 6.17. The number of hydrogen-bond acceptors (Lipinski definition) is 7. The zero-order valence-electron chi connectivity index (χ0n) is 17.1. The molecule has 5 rings (SSSR count). The van der Waals surface area contributed by atoms with Gasteiger partial charge in [0.1, 0.15) is 11.9 Å². The molecule has 0 aliphatic heterocycles. The van der Waals surface area contributed by atoms with Gasteiger partial charge in [-0.05, 0) is 18.2 Å². The van der Waals surface area contributed by atoms with Gasteiger partial charge in [0.05, 0.1) is 46.6 Å². The number of nitrogens with one attached hydrogen (secondary N) is 1. The molecule has 35 heavy (non-hydrogen) atoms. The van der Waals surface area contributed by atoms with E-state index in [2.05, 4.69) is 30.6 Å². The number of carbonyl (C=O) groups excluding carboxylic acids is 1. The van der Waals surface area contributed by atoms with Crippen LogP contribution in [-0.4, -0.2) is 45.1 Å². The number of imidazole rings is 1. The van der Waals surface area contributed by atoms with E-state index in [1.807, 2.05) is 6.07 Å². The Labute approximate surface area is 198 Å². The van der Waals surface area contributed by atoms with Crippen LogP contribution < -0.4 is 5.32 Å². The number of hydrogen-bond donors (Lipinski definition) is 1. The van der Waals surface area contributed by atoms with Crippen molar-refractivity contribution in [3.05, 3.63) is 77.2 Å². The summed E-state index contributed by atoms with van der Waals surface area (Å²) in [5, 5.41) is 23.2. The van der Waals surface area contributed by atoms with Crippen LogP contribution in [0.4, 0.5) is 18.9 Å². The summed E-state index contributed by atoms with van der Waals surface area (Å²) in [6.45, 7) is 0. The molecule has 5 aromatic rings. The molecule has 0 spiro atoms. The van der Waals surface area contributed by atoms with E-state index in [9.17, 15) is 23.2 Å². The Morgan fingerprint density at radius 2 is 1.86 bits per heavy atom. The van der Waals surface area contributed by atoms with Crippen molar-refractivity contribution in [2.45, 2.75) is 6.18 Å². The molecule has 0 atom stereocenters. The lowest BCUT2D eigenvalue weighted by molar-refractivity contribution is -0.143. The second-order valence-electron chi connectivity index (χ2n) is 6.96. The topological polar surface area (TPSA) is 132 Å². The Morgan fingerprint density at radius 3 is 2.54 bits per heavy atom. The first-order valence-electron chi connectivity index (χ1n) is 9.63. The molecular weight excluding hydrogens is 489 g/mol. The summed E-state index contributed by atoms with van der Waals surface area (Å²) in [4.78, 5) is 22.0. The van der Waals surface area contributed by atoms with Crippen molar-refractivity contribution < 1.29 is 18.0 Å². The molecule has 0 radical (unpaired) electrons. The van der Waals surface area contributed by atoms with E-state index in [1.54, 1.807) is 0 Å². The van der Waals surface area contributed by atoms with Crippen molar-refractivity contribution in [3.8, 4) is 17.7 Å². The van der Waals surface area contributed by atoms with E-state index in [1.165, 1.54) is 53.6 Å². The number of halogens is 4. The highest BCUT2D eigenvalue weighted by atomic mass is 35.5. The SMILES string of the molecule is N#Cc1ccc(-n2ncc(C(=O)Nc3cnc(-n4nccn4)c(Cl)c3)c2C(F)(F)F)n2ccnc12. The molecule has 11 nitrogen and oxygen atoms in total. The standard InChI is InChI=1S/C20H10ClF3N10O/c21-14-7-12(9-27-18(14)34-28-3-4-29-34)31-19(35)13-10-30-33(16(13)20(22,23)24)15-2-1-11(8-25)17-26-5-6-32(15)17/h1-7,9-10H,(H,31,35). The maximum atomic E-state index is 14.1. The predicted octanol–water partition coefficient (Wildman–Crippen LogP) is 3.29. The number of fused-ring (bicyclic) bond motifs is 1. The third-order valence-corrected chi connectivity index (χ3v) is 5.11. The van der Waals surface area contributed by atoms with E-state index in [4.69, 9.17) is 11.6 Å². The summed E-state index contributed by atoms with van der Waals surface area (Å²) in [5.74, 6) is -0.978. The van der Waals surface area contributed by atoms with Gasteiger partial charge in [-0.15, -0.1) is 4.80 Å². The fraction of sp³-hybridized carbons (Fsp3) is 0.0500. The normalized spacial score (nSPS) is 11.5. The Morgan fingerprint density at radius 1 is 1.09 bits per heavy atom. The zero-order valence-corrected chi connectivity index (χ0v) is 17.9. The fourth-order valence-corrected chi connectivity index (χ4v) is 3.63. The average Bonchev–Trinajstić information content (AvgIpc) is 3.58. The molecule has 5 aromatic heterocycles. The van der Waals surface area contributed by atoms with Gasteiger partial charge in [0.15, 0.2) is 17.2 Å². The van der Waals surface area contributed by atoms with Crippen LogP contribution in [0, 0.1) is 11.3 Å². The van der Waals surface area contributed by atoms with Crippen molar-refractivity contribution in [1.29, 1.82) is 5.26 Å². The minimum Gasteiger partial charge on any atom is -0.320 e. The van der Waals surface area contributed by atoms with Crippen molar-refractivity contribution in [3.63, 3.8) is 0 Å². The molecule has 1 amide bonds. The molecule has 174 valence electrons. The third kappa shape index (κ3) is 3.83. The second-order valence-corrected chi connectivity index (χ2v) is 7.36. The van der Waals surface area contributed by atoms with E-state index in [0.717, 1.165) is 11.0 Å². The highest BCUT2D eigenvalue weighted by Crippen LogP contribution is 2.34. The fourth-order valence-electron chi connectivity index (χ4n) is 3.39. The lowest BCUT2D eigenvalue weighted by Gasteiger charge is -2.14. The van der Waals surface area contributed by atoms with Crippen LogP contribution in [-0.2, 0) is 6.18 Å². The van der Waals surface area contributed by atoms with Gasteiger partial charge < -0.3 is 5.32 Å². The molecule has 0 fully saturated rings. The minimum absolute atomic E-state index is 0.0483. The van der Waals surface area contributed by atoms with E-state index in [-0.39, 0.29) is 33.6 Å². The first kappa shape index (κ1) is 22.0. The molecule has 1 N–H and O–H groups in total. The number of nitrogens with zero attached hydrogens (tertiary/aromatic N) is 9. The average molecular weight is 499 g/mol. The Kier molecular flexibility index (Phi) is 5.18. The van der Waals surface area contributed by atoms with Gasteiger partial charge in [0, 0.05) is 12.4 Å². The smallest absolute Gasteiger partial charge is 0.320 e. The number of aromatic nitrogens is 8. The summed E-state index contributed by atoms with van der Waals surface area (Å²) in [5.41, 5.74) is -1.69. The first-order valence-corrected chi connectivity index (χ1v) is 10.0. The van der Waals surface area contributed by atoms with Crippen molar-refractivity contribution in [1.82, 2.24) is 39.1 Å². The number of carbonyl (C=O) groups is 1. The molecule has 0 aliphatic rings. The molecule has 0 aromatic carbocycles. The lowest BCUT2D eigenvalue weighted by Crippen LogP contribution is -2.21. The monoisotopic (exact) mass is 498 g/mol. The summed E-state index contributed by atoms with van der Waals surface area (Å²) in [6, 6.07) is 5.83. The molecule has 5 heterocycles. The molecule has 0 aliphatic carbocycles. The van der Waals surface area contributed by atoms with Gasteiger partial charge in [0.25, 0.3) is 5.91 Å². The number of anilines is 1. The first-order chi connectivity index (χ1) is 16.8. The number of nitriles is 1. The molecule has 0 bridgehead atoms. The van der Waals surface area contributed by atoms with Gasteiger partial charge in [-0.25, -0.2) is 14.6 Å². The summed E-state index contributed by atoms with van der Waals surface area (Å²) < 4.78 is 44.2. The van der Waals surface area contributed by atoms with Crippen LogP contribution in [0.15, 0.2) is 55.4 Å². The largest absolute Gasteiger partial charge is 0.434 e. The van der Waals surface area contributed by atoms with Crippen LogP contribution in [0.1, 0.15) is 21.6 Å². The van der Waals surface area contributed by atoms with Gasteiger partial charge in [0.2, 0.25) is 0 Å². The van der Waals surface area contributed by atoms with Crippen molar-refractivity contribution in [2.75, 3.05) is 5.32 Å². The third-order valence-electron chi connectivity index (χ3n) is 4.84. The Bertz CT molecular complexity index is 1610. The van der Waals surface area contributed by atoms with E-state index >= 15 is 0 Å². The number of rotatable bonds is 4. The number of pyridine rings is 2. The van der Waals surface area contributed by atoms with Crippen molar-refractivity contribution in [2.24, 2.45) is 0 Å². The van der Waals surface area contributed by atoms with Gasteiger partial charge in [-0.1, -0.05) is 11.6 Å². The highest BCUT2D eigenvalue weighted by Gasteiger charge is 2.41. The molecule has 0 unspecified atom stereocenters. The maximum absolute atomic E-state index is 14.1. The molecule has 0 saturated carbocycles. The van der Waals surface area contributed by atoms with Crippen LogP contribution in [0.2, 0.25) is 5.02 Å². The van der Waals surface area contributed by atoms with Crippen LogP contribution in [0.3, 0.4) is 0 Å². The summed E-state index contributed by atoms with van der Waals surface area (Å²) in [7, 11) is 0. The van der Waals surface area contributed by atoms with Crippen LogP contribution in [0.5, 0.6) is 0 Å². The molecule has 15 heteroatoms. The van der Waals surface area contributed by atoms with E-state index < -0.39 is 23.3 Å². The molecular formula is C20H10ClF3N10O. The Hall–Kier alpha value is -4.77. The quantitative estimate of drug-likeness (QED) is 0.402. The predicted molar refractivity (Wildman–Crippen MR) is 114 cm³/mol. The van der Waals surface area contributed by atoms with Crippen LogP contribution in [0.25, 0.3) is 17.3 Å². The molecule has 0 saturated heterocycles. The minimum atomic E-state index is -4.95. The van der Waals surface area contributed by atoms with Gasteiger partial charge in [-0.2, -0.15) is 33.7 Å². The lowest BCUT2D eigenvalue weighted by atomic mass is 10.2. The summed E-state index contributed by atoms with van der Waals surface area (Å²) in [6.07, 6.45) is 2.60. The second kappa shape index (κ2) is 8.22. The van der Waals surface area contributed by atoms with Crippen molar-refractivity contribution >= 4 is 28.8 Å². The van der Waals surface area contributed by atoms with Gasteiger partial charge >= 0.3 is 6.18 Å². The number of amides is 1. The number of alkyl halides is 3. The van der Waals surface area contributed by atoms with Crippen LogP contribution >= 0.6 is 11.6 Å². The Balaban J connectivity index is 1.53. The highest BCUT2D eigenvalue weighted by molar-refractivity contribution is 6.32. The maximum Gasteiger partial charge on any atom is 0.434 e. The van der Waals surface area contributed by atoms with E-state index in [0.29, 0.717) is 4.68 Å². The zero-order chi connectivity index (χ0) is 24.7. The van der Waals surface area contributed by atoms with Gasteiger partial charge in [-0.3, -0.25) is 9.20 Å².